The second-order valence-corrected chi connectivity index (χ2v) is 4.16. The first-order valence-corrected chi connectivity index (χ1v) is 5.60. The molecule has 106 valence electrons. The highest BCUT2D eigenvalue weighted by atomic mass is 16.5. The van der Waals surface area contributed by atoms with Crippen LogP contribution in [0.2, 0.25) is 0 Å². The summed E-state index contributed by atoms with van der Waals surface area (Å²) in [6, 6.07) is 4.50. The number of nitrogen functional groups attached to an aromatic ring is 1. The number of ether oxygens (including phenoxy) is 1. The summed E-state index contributed by atoms with van der Waals surface area (Å²) < 4.78 is 4.96. The Kier molecular flexibility index (Phi) is 5.11. The van der Waals surface area contributed by atoms with Gasteiger partial charge in [-0.15, -0.1) is 0 Å². The number of amides is 1. The summed E-state index contributed by atoms with van der Waals surface area (Å²) in [5.41, 5.74) is 4.59. The Labute approximate surface area is 110 Å². The maximum absolute atomic E-state index is 12.0. The van der Waals surface area contributed by atoms with Gasteiger partial charge in [0.1, 0.15) is 11.3 Å². The number of nitrogens with two attached hydrogens (primary N) is 1. The average molecular weight is 270 g/mol. The van der Waals surface area contributed by atoms with Crippen molar-refractivity contribution in [3.63, 3.8) is 0 Å². The van der Waals surface area contributed by atoms with Crippen molar-refractivity contribution < 1.29 is 24.9 Å². The lowest BCUT2D eigenvalue weighted by atomic mass is 10.0. The van der Waals surface area contributed by atoms with Gasteiger partial charge >= 0.3 is 0 Å². The maximum Gasteiger partial charge on any atom is 0.254 e. The molecule has 7 heteroatoms. The molecule has 0 atom stereocenters. The third-order valence-corrected chi connectivity index (χ3v) is 2.79. The molecule has 0 unspecified atom stereocenters. The van der Waals surface area contributed by atoms with Gasteiger partial charge < -0.3 is 31.1 Å². The lowest BCUT2D eigenvalue weighted by Crippen LogP contribution is -2.57. The third kappa shape index (κ3) is 3.34. The third-order valence-electron chi connectivity index (χ3n) is 2.79. The lowest BCUT2D eigenvalue weighted by molar-refractivity contribution is 0.0375. The zero-order valence-corrected chi connectivity index (χ0v) is 10.6. The molecule has 1 rings (SSSR count). The fraction of sp³-hybridized carbons (Fsp3) is 0.417. The number of aliphatic hydroxyl groups excluding tert-OH is 3. The molecule has 0 fully saturated rings. The van der Waals surface area contributed by atoms with Gasteiger partial charge in [0.25, 0.3) is 5.91 Å². The van der Waals surface area contributed by atoms with Crippen LogP contribution in [-0.4, -0.2) is 53.7 Å². The van der Waals surface area contributed by atoms with Gasteiger partial charge in [-0.3, -0.25) is 4.79 Å². The number of aliphatic hydroxyl groups is 3. The minimum Gasteiger partial charge on any atom is -0.497 e. The first-order valence-electron chi connectivity index (χ1n) is 5.60. The largest absolute Gasteiger partial charge is 0.497 e. The minimum absolute atomic E-state index is 0.167. The van der Waals surface area contributed by atoms with Gasteiger partial charge in [-0.05, 0) is 12.1 Å². The smallest absolute Gasteiger partial charge is 0.254 e. The van der Waals surface area contributed by atoms with Gasteiger partial charge in [0.2, 0.25) is 0 Å². The van der Waals surface area contributed by atoms with E-state index in [0.717, 1.165) is 0 Å². The summed E-state index contributed by atoms with van der Waals surface area (Å²) in [6.45, 7) is -1.79. The SMILES string of the molecule is COc1ccc(C(=O)NC(CO)(CO)CO)c(N)c1. The topological polar surface area (TPSA) is 125 Å². The zero-order chi connectivity index (χ0) is 14.5. The van der Waals surface area contributed by atoms with E-state index in [1.165, 1.54) is 19.2 Å². The molecule has 1 aromatic carbocycles. The molecule has 0 aliphatic rings. The van der Waals surface area contributed by atoms with Crippen LogP contribution in [0.15, 0.2) is 18.2 Å². The number of hydrogen-bond acceptors (Lipinski definition) is 6. The van der Waals surface area contributed by atoms with Crippen LogP contribution in [0, 0.1) is 0 Å². The predicted molar refractivity (Wildman–Crippen MR) is 68.9 cm³/mol. The summed E-state index contributed by atoms with van der Waals surface area (Å²) in [7, 11) is 1.48. The number of carbonyl (C=O) groups is 1. The van der Waals surface area contributed by atoms with Crippen molar-refractivity contribution in [1.29, 1.82) is 0 Å². The molecule has 6 N–H and O–H groups in total. The summed E-state index contributed by atoms with van der Waals surface area (Å²) in [5.74, 6) is -0.0934. The molecule has 0 aliphatic carbocycles. The van der Waals surface area contributed by atoms with Gasteiger partial charge in [-0.1, -0.05) is 0 Å². The van der Waals surface area contributed by atoms with Crippen LogP contribution in [0.1, 0.15) is 10.4 Å². The molecule has 0 aromatic heterocycles. The second kappa shape index (κ2) is 6.37. The van der Waals surface area contributed by atoms with Crippen molar-refractivity contribution in [3.8, 4) is 5.75 Å². The summed E-state index contributed by atoms with van der Waals surface area (Å²) >= 11 is 0. The van der Waals surface area contributed by atoms with E-state index >= 15 is 0 Å². The lowest BCUT2D eigenvalue weighted by Gasteiger charge is -2.28. The van der Waals surface area contributed by atoms with Crippen molar-refractivity contribution in [1.82, 2.24) is 5.32 Å². The fourth-order valence-electron chi connectivity index (χ4n) is 1.45. The number of rotatable bonds is 6. The van der Waals surface area contributed by atoms with Crippen LogP contribution in [0.25, 0.3) is 0 Å². The normalized spacial score (nSPS) is 11.2. The molecule has 0 radical (unpaired) electrons. The van der Waals surface area contributed by atoms with Gasteiger partial charge in [-0.25, -0.2) is 0 Å². The zero-order valence-electron chi connectivity index (χ0n) is 10.6. The monoisotopic (exact) mass is 270 g/mol. The first-order chi connectivity index (χ1) is 9.01. The standard InChI is InChI=1S/C12H18N2O5/c1-19-8-2-3-9(10(13)4-8)11(18)14-12(5-15,6-16)7-17/h2-4,15-17H,5-7,13H2,1H3,(H,14,18). The van der Waals surface area contributed by atoms with Crippen LogP contribution >= 0.6 is 0 Å². The Bertz CT molecular complexity index is 437. The van der Waals surface area contributed by atoms with E-state index in [1.54, 1.807) is 6.07 Å². The van der Waals surface area contributed by atoms with E-state index in [0.29, 0.717) is 5.75 Å². The van der Waals surface area contributed by atoms with E-state index in [2.05, 4.69) is 5.32 Å². The number of methoxy groups -OCH3 is 1. The van der Waals surface area contributed by atoms with Crippen LogP contribution in [-0.2, 0) is 0 Å². The summed E-state index contributed by atoms with van der Waals surface area (Å²) in [5, 5.41) is 29.8. The number of anilines is 1. The fourth-order valence-corrected chi connectivity index (χ4v) is 1.45. The van der Waals surface area contributed by atoms with E-state index in [9.17, 15) is 4.79 Å². The molecular weight excluding hydrogens is 252 g/mol. The number of benzene rings is 1. The van der Waals surface area contributed by atoms with Crippen LogP contribution in [0.5, 0.6) is 5.75 Å². The summed E-state index contributed by atoms with van der Waals surface area (Å²) in [4.78, 5) is 12.0. The molecular formula is C12H18N2O5. The van der Waals surface area contributed by atoms with Gasteiger partial charge in [-0.2, -0.15) is 0 Å². The number of hydrogen-bond donors (Lipinski definition) is 5. The van der Waals surface area contributed by atoms with Gasteiger partial charge in [0, 0.05) is 11.8 Å². The molecule has 0 heterocycles. The molecule has 1 amide bonds. The van der Waals surface area contributed by atoms with Crippen LogP contribution < -0.4 is 15.8 Å². The molecule has 0 spiro atoms. The highest BCUT2D eigenvalue weighted by molar-refractivity contribution is 5.99. The van der Waals surface area contributed by atoms with E-state index in [4.69, 9.17) is 25.8 Å². The Morgan fingerprint density at radius 2 is 1.89 bits per heavy atom. The van der Waals surface area contributed by atoms with Crippen molar-refractivity contribution in [2.24, 2.45) is 0 Å². The quantitative estimate of drug-likeness (QED) is 0.410. The van der Waals surface area contributed by atoms with Crippen molar-refractivity contribution in [3.05, 3.63) is 23.8 Å². The summed E-state index contributed by atoms with van der Waals surface area (Å²) in [6.07, 6.45) is 0. The molecule has 7 nitrogen and oxygen atoms in total. The molecule has 0 aliphatic heterocycles. The predicted octanol–water partition coefficient (Wildman–Crippen LogP) is -1.28. The van der Waals surface area contributed by atoms with Crippen molar-refractivity contribution in [2.45, 2.75) is 5.54 Å². The van der Waals surface area contributed by atoms with Gasteiger partial charge in [0.05, 0.1) is 32.5 Å². The highest BCUT2D eigenvalue weighted by Gasteiger charge is 2.30. The maximum atomic E-state index is 12.0. The van der Waals surface area contributed by atoms with Crippen LogP contribution in [0.3, 0.4) is 0 Å². The second-order valence-electron chi connectivity index (χ2n) is 4.16. The Balaban J connectivity index is 2.95. The van der Waals surface area contributed by atoms with Crippen molar-refractivity contribution >= 4 is 11.6 Å². The Morgan fingerprint density at radius 3 is 2.32 bits per heavy atom. The first kappa shape index (κ1) is 15.2. The van der Waals surface area contributed by atoms with E-state index < -0.39 is 31.3 Å². The van der Waals surface area contributed by atoms with Crippen LogP contribution in [0.4, 0.5) is 5.69 Å². The van der Waals surface area contributed by atoms with Gasteiger partial charge in [0.15, 0.2) is 0 Å². The number of carbonyl (C=O) groups excluding carboxylic acids is 1. The molecule has 0 bridgehead atoms. The van der Waals surface area contributed by atoms with E-state index in [1.807, 2.05) is 0 Å². The van der Waals surface area contributed by atoms with Crippen molar-refractivity contribution in [2.75, 3.05) is 32.7 Å². The molecule has 19 heavy (non-hydrogen) atoms. The Hall–Kier alpha value is -1.83. The number of nitrogens with one attached hydrogen (secondary N) is 1. The molecule has 1 aromatic rings. The minimum atomic E-state index is -1.48. The highest BCUT2D eigenvalue weighted by Crippen LogP contribution is 2.20. The molecule has 0 saturated heterocycles. The average Bonchev–Trinajstić information content (AvgIpc) is 2.44. The Morgan fingerprint density at radius 1 is 1.32 bits per heavy atom. The molecule has 0 saturated carbocycles. The van der Waals surface area contributed by atoms with E-state index in [-0.39, 0.29) is 11.3 Å².